The number of hydrogen-bond acceptors (Lipinski definition) is 5. The maximum atomic E-state index is 12.1. The molecule has 1 amide bonds. The fraction of sp³-hybridized carbons (Fsp3) is 0.118. The molecule has 0 atom stereocenters. The van der Waals surface area contributed by atoms with Crippen LogP contribution < -0.4 is 10.1 Å². The number of hydrogen-bond donors (Lipinski definition) is 1. The minimum absolute atomic E-state index is 0.0706. The van der Waals surface area contributed by atoms with Gasteiger partial charge in [-0.05, 0) is 17.7 Å². The molecule has 1 heterocycles. The molecule has 1 N–H and O–H groups in total. The molecule has 0 saturated carbocycles. The highest BCUT2D eigenvalue weighted by Crippen LogP contribution is 2.17. The normalized spacial score (nSPS) is 10.3. The average molecular weight is 309 g/mol. The second-order valence-corrected chi connectivity index (χ2v) is 4.85. The van der Waals surface area contributed by atoms with Crippen LogP contribution in [-0.2, 0) is 6.42 Å². The summed E-state index contributed by atoms with van der Waals surface area (Å²) < 4.78 is 10.5. The van der Waals surface area contributed by atoms with Crippen molar-refractivity contribution < 1.29 is 13.9 Å². The van der Waals surface area contributed by atoms with Crippen molar-refractivity contribution in [2.24, 2.45) is 0 Å². The predicted octanol–water partition coefficient (Wildman–Crippen LogP) is 2.92. The van der Waals surface area contributed by atoms with E-state index >= 15 is 0 Å². The molecular formula is C17H15N3O3. The van der Waals surface area contributed by atoms with Gasteiger partial charge in [-0.3, -0.25) is 4.79 Å². The van der Waals surface area contributed by atoms with Crippen LogP contribution in [0.1, 0.15) is 22.1 Å². The minimum Gasteiger partial charge on any atom is -0.497 e. The number of carbonyl (C=O) groups excluding carboxylic acids is 1. The number of nitrogens with zero attached hydrogens (tertiary/aromatic N) is 2. The van der Waals surface area contributed by atoms with E-state index in [1.165, 1.54) is 0 Å². The molecule has 0 aliphatic rings. The van der Waals surface area contributed by atoms with Crippen molar-refractivity contribution in [3.05, 3.63) is 71.9 Å². The van der Waals surface area contributed by atoms with Crippen LogP contribution >= 0.6 is 0 Å². The fourth-order valence-corrected chi connectivity index (χ4v) is 2.07. The van der Waals surface area contributed by atoms with E-state index in [-0.39, 0.29) is 5.89 Å². The first kappa shape index (κ1) is 14.8. The van der Waals surface area contributed by atoms with Crippen LogP contribution in [0.2, 0.25) is 0 Å². The number of anilines is 1. The van der Waals surface area contributed by atoms with Crippen molar-refractivity contribution in [2.45, 2.75) is 6.42 Å². The lowest BCUT2D eigenvalue weighted by Crippen LogP contribution is -2.12. The molecule has 0 aliphatic carbocycles. The third-order valence-electron chi connectivity index (χ3n) is 3.19. The summed E-state index contributed by atoms with van der Waals surface area (Å²) in [6, 6.07) is 16.7. The Balaban J connectivity index is 1.68. The van der Waals surface area contributed by atoms with Gasteiger partial charge >= 0.3 is 11.8 Å². The first-order valence-corrected chi connectivity index (χ1v) is 7.06. The molecule has 0 radical (unpaired) electrons. The molecule has 0 bridgehead atoms. The molecule has 2 aromatic carbocycles. The molecule has 0 spiro atoms. The van der Waals surface area contributed by atoms with Crippen LogP contribution in [0.4, 0.5) is 5.69 Å². The molecule has 0 unspecified atom stereocenters. The number of ether oxygens (including phenoxy) is 1. The van der Waals surface area contributed by atoms with Crippen molar-refractivity contribution >= 4 is 11.6 Å². The van der Waals surface area contributed by atoms with Crippen LogP contribution in [0.3, 0.4) is 0 Å². The van der Waals surface area contributed by atoms with Crippen molar-refractivity contribution in [1.29, 1.82) is 0 Å². The van der Waals surface area contributed by atoms with Crippen LogP contribution in [0.15, 0.2) is 59.0 Å². The van der Waals surface area contributed by atoms with Crippen molar-refractivity contribution in [3.8, 4) is 5.75 Å². The maximum Gasteiger partial charge on any atom is 0.313 e. The second kappa shape index (κ2) is 6.74. The van der Waals surface area contributed by atoms with Gasteiger partial charge in [0.1, 0.15) is 5.75 Å². The van der Waals surface area contributed by atoms with E-state index < -0.39 is 5.91 Å². The summed E-state index contributed by atoms with van der Waals surface area (Å²) in [5.74, 6) is 0.522. The van der Waals surface area contributed by atoms with Gasteiger partial charge in [0, 0.05) is 11.8 Å². The number of aromatic nitrogens is 2. The summed E-state index contributed by atoms with van der Waals surface area (Å²) in [5.41, 5.74) is 1.63. The van der Waals surface area contributed by atoms with Gasteiger partial charge in [0.15, 0.2) is 0 Å². The molecule has 3 rings (SSSR count). The van der Waals surface area contributed by atoms with Crippen molar-refractivity contribution in [1.82, 2.24) is 10.2 Å². The van der Waals surface area contributed by atoms with Crippen molar-refractivity contribution in [3.63, 3.8) is 0 Å². The first-order valence-electron chi connectivity index (χ1n) is 7.06. The molecule has 0 aliphatic heterocycles. The average Bonchev–Trinajstić information content (AvgIpc) is 3.04. The molecule has 0 saturated heterocycles. The zero-order valence-electron chi connectivity index (χ0n) is 12.5. The van der Waals surface area contributed by atoms with E-state index in [0.29, 0.717) is 23.7 Å². The SMILES string of the molecule is COc1cccc(NC(=O)c2nnc(Cc3ccccc3)o2)c1. The fourth-order valence-electron chi connectivity index (χ4n) is 2.07. The Labute approximate surface area is 133 Å². The van der Waals surface area contributed by atoms with E-state index in [1.54, 1.807) is 31.4 Å². The van der Waals surface area contributed by atoms with Gasteiger partial charge in [0.05, 0.1) is 13.5 Å². The Morgan fingerprint density at radius 2 is 1.96 bits per heavy atom. The number of rotatable bonds is 5. The van der Waals surface area contributed by atoms with Gasteiger partial charge in [-0.15, -0.1) is 10.2 Å². The highest BCUT2D eigenvalue weighted by Gasteiger charge is 2.15. The van der Waals surface area contributed by atoms with Crippen LogP contribution in [0.25, 0.3) is 0 Å². The van der Waals surface area contributed by atoms with E-state index in [2.05, 4.69) is 15.5 Å². The van der Waals surface area contributed by atoms with Gasteiger partial charge < -0.3 is 14.5 Å². The topological polar surface area (TPSA) is 77.2 Å². The highest BCUT2D eigenvalue weighted by molar-refractivity contribution is 6.00. The number of benzene rings is 2. The quantitative estimate of drug-likeness (QED) is 0.784. The number of nitrogens with one attached hydrogen (secondary N) is 1. The summed E-state index contributed by atoms with van der Waals surface area (Å²) in [4.78, 5) is 12.1. The van der Waals surface area contributed by atoms with Gasteiger partial charge in [-0.25, -0.2) is 0 Å². The Kier molecular flexibility index (Phi) is 4.33. The predicted molar refractivity (Wildman–Crippen MR) is 84.5 cm³/mol. The summed E-state index contributed by atoms with van der Waals surface area (Å²) >= 11 is 0. The van der Waals surface area contributed by atoms with Crippen molar-refractivity contribution in [2.75, 3.05) is 12.4 Å². The molecule has 3 aromatic rings. The third kappa shape index (κ3) is 3.74. The number of carbonyl (C=O) groups is 1. The zero-order valence-corrected chi connectivity index (χ0v) is 12.5. The number of methoxy groups -OCH3 is 1. The zero-order chi connectivity index (χ0) is 16.1. The van der Waals surface area contributed by atoms with Gasteiger partial charge in [0.25, 0.3) is 0 Å². The van der Waals surface area contributed by atoms with Gasteiger partial charge in [-0.2, -0.15) is 0 Å². The lowest BCUT2D eigenvalue weighted by Gasteiger charge is -2.04. The molecule has 23 heavy (non-hydrogen) atoms. The van der Waals surface area contributed by atoms with E-state index in [4.69, 9.17) is 9.15 Å². The standard InChI is InChI=1S/C17H15N3O3/c1-22-14-9-5-8-13(11-14)18-16(21)17-20-19-15(23-17)10-12-6-3-2-4-7-12/h2-9,11H,10H2,1H3,(H,18,21). The smallest absolute Gasteiger partial charge is 0.313 e. The van der Waals surface area contributed by atoms with Crippen LogP contribution in [-0.4, -0.2) is 23.2 Å². The summed E-state index contributed by atoms with van der Waals surface area (Å²) in [5, 5.41) is 10.4. The van der Waals surface area contributed by atoms with E-state index in [0.717, 1.165) is 5.56 Å². The molecule has 6 nitrogen and oxygen atoms in total. The Morgan fingerprint density at radius 1 is 1.13 bits per heavy atom. The molecule has 0 fully saturated rings. The van der Waals surface area contributed by atoms with Gasteiger partial charge in [-0.1, -0.05) is 36.4 Å². The maximum absolute atomic E-state index is 12.1. The summed E-state index contributed by atoms with van der Waals surface area (Å²) in [7, 11) is 1.56. The van der Waals surface area contributed by atoms with E-state index in [9.17, 15) is 4.79 Å². The molecule has 116 valence electrons. The summed E-state index contributed by atoms with van der Waals surface area (Å²) in [6.07, 6.45) is 0.486. The molecular weight excluding hydrogens is 294 g/mol. The Bertz CT molecular complexity index is 800. The molecule has 6 heteroatoms. The van der Waals surface area contributed by atoms with Gasteiger partial charge in [0.2, 0.25) is 5.89 Å². The van der Waals surface area contributed by atoms with Crippen LogP contribution in [0, 0.1) is 0 Å². The Hall–Kier alpha value is -3.15. The third-order valence-corrected chi connectivity index (χ3v) is 3.19. The lowest BCUT2D eigenvalue weighted by molar-refractivity contribution is 0.0988. The largest absolute Gasteiger partial charge is 0.497 e. The minimum atomic E-state index is -0.454. The number of amides is 1. The lowest BCUT2D eigenvalue weighted by atomic mass is 10.2. The Morgan fingerprint density at radius 3 is 2.74 bits per heavy atom. The highest BCUT2D eigenvalue weighted by atomic mass is 16.5. The first-order chi connectivity index (χ1) is 11.2. The summed E-state index contributed by atoms with van der Waals surface area (Å²) in [6.45, 7) is 0. The second-order valence-electron chi connectivity index (χ2n) is 4.85. The van der Waals surface area contributed by atoms with E-state index in [1.807, 2.05) is 30.3 Å². The molecule has 1 aromatic heterocycles. The van der Waals surface area contributed by atoms with Crippen LogP contribution in [0.5, 0.6) is 5.75 Å². The monoisotopic (exact) mass is 309 g/mol.